The molecule has 1 aliphatic carbocycles. The Labute approximate surface area is 156 Å². The van der Waals surface area contributed by atoms with Crippen LogP contribution < -0.4 is 5.32 Å². The van der Waals surface area contributed by atoms with Gasteiger partial charge < -0.3 is 4.90 Å². The van der Waals surface area contributed by atoms with Gasteiger partial charge >= 0.3 is 0 Å². The van der Waals surface area contributed by atoms with Crippen molar-refractivity contribution in [2.24, 2.45) is 5.92 Å². The molecule has 25 heavy (non-hydrogen) atoms. The van der Waals surface area contributed by atoms with Crippen molar-refractivity contribution in [3.63, 3.8) is 0 Å². The molecule has 0 bridgehead atoms. The van der Waals surface area contributed by atoms with Crippen LogP contribution in [0.25, 0.3) is 6.08 Å². The third-order valence-electron chi connectivity index (χ3n) is 5.23. The molecule has 1 saturated heterocycles. The van der Waals surface area contributed by atoms with Crippen molar-refractivity contribution in [3.05, 3.63) is 41.1 Å². The fourth-order valence-corrected chi connectivity index (χ4v) is 3.92. The number of thiocarbonyl (C=S) groups is 1. The van der Waals surface area contributed by atoms with Crippen molar-refractivity contribution in [1.82, 2.24) is 10.2 Å². The lowest BCUT2D eigenvalue weighted by molar-refractivity contribution is -0.115. The summed E-state index contributed by atoms with van der Waals surface area (Å²) in [4.78, 5) is 14.4. The van der Waals surface area contributed by atoms with Gasteiger partial charge in [-0.3, -0.25) is 10.1 Å². The number of nitrogens with zero attached hydrogens (tertiary/aromatic N) is 1. The highest BCUT2D eigenvalue weighted by molar-refractivity contribution is 7.80. The van der Waals surface area contributed by atoms with Crippen LogP contribution in [0.2, 0.25) is 0 Å². The van der Waals surface area contributed by atoms with E-state index in [-0.39, 0.29) is 11.3 Å². The van der Waals surface area contributed by atoms with Gasteiger partial charge in [-0.2, -0.15) is 0 Å². The lowest BCUT2D eigenvalue weighted by Crippen LogP contribution is -2.32. The molecule has 0 radical (unpaired) electrons. The van der Waals surface area contributed by atoms with E-state index in [1.54, 1.807) is 0 Å². The fourth-order valence-electron chi connectivity index (χ4n) is 3.65. The molecule has 3 nitrogen and oxygen atoms in total. The average molecular weight is 357 g/mol. The van der Waals surface area contributed by atoms with Crippen molar-refractivity contribution in [3.8, 4) is 0 Å². The number of carbonyl (C=O) groups excluding carboxylic acids is 1. The molecular formula is C21H28N2OS. The van der Waals surface area contributed by atoms with Gasteiger partial charge in [0.05, 0.1) is 0 Å². The molecule has 1 aromatic carbocycles. The molecule has 2 fully saturated rings. The summed E-state index contributed by atoms with van der Waals surface area (Å²) >= 11 is 5.40. The lowest BCUT2D eigenvalue weighted by Gasteiger charge is -2.27. The van der Waals surface area contributed by atoms with Gasteiger partial charge in [-0.1, -0.05) is 64.3 Å². The molecule has 1 saturated carbocycles. The standard InChI is InChI=1S/C21H28N2OS/c1-21(2,3)17-11-9-15(10-12-17)13-18-19(24)22-20(25)23(18)14-16-7-5-4-6-8-16/h9-13,16H,4-8,14H2,1-3H3,(H,22,24,25)/b18-13+. The van der Waals surface area contributed by atoms with Crippen molar-refractivity contribution >= 4 is 29.3 Å². The molecule has 134 valence electrons. The molecule has 0 spiro atoms. The van der Waals surface area contributed by atoms with Gasteiger partial charge in [-0.05, 0) is 53.6 Å². The molecule has 1 N–H and O–H groups in total. The van der Waals surface area contributed by atoms with Crippen LogP contribution in [0, 0.1) is 5.92 Å². The highest BCUT2D eigenvalue weighted by Gasteiger charge is 2.32. The van der Waals surface area contributed by atoms with E-state index in [9.17, 15) is 4.79 Å². The first-order valence-corrected chi connectivity index (χ1v) is 9.70. The zero-order valence-electron chi connectivity index (χ0n) is 15.5. The van der Waals surface area contributed by atoms with E-state index in [1.165, 1.54) is 37.7 Å². The maximum Gasteiger partial charge on any atom is 0.274 e. The van der Waals surface area contributed by atoms with Gasteiger partial charge in [0.15, 0.2) is 5.11 Å². The number of rotatable bonds is 3. The lowest BCUT2D eigenvalue weighted by atomic mass is 9.86. The molecular weight excluding hydrogens is 328 g/mol. The third-order valence-corrected chi connectivity index (χ3v) is 5.56. The molecule has 1 aromatic rings. The summed E-state index contributed by atoms with van der Waals surface area (Å²) < 4.78 is 0. The minimum absolute atomic E-state index is 0.0827. The van der Waals surface area contributed by atoms with Gasteiger partial charge in [0.2, 0.25) is 0 Å². The largest absolute Gasteiger partial charge is 0.314 e. The minimum Gasteiger partial charge on any atom is -0.314 e. The highest BCUT2D eigenvalue weighted by atomic mass is 32.1. The first-order valence-electron chi connectivity index (χ1n) is 9.30. The van der Waals surface area contributed by atoms with E-state index >= 15 is 0 Å². The maximum absolute atomic E-state index is 12.4. The molecule has 1 heterocycles. The number of amides is 1. The third kappa shape index (κ3) is 4.30. The number of carbonyl (C=O) groups is 1. The molecule has 0 unspecified atom stereocenters. The zero-order chi connectivity index (χ0) is 18.0. The Kier molecular flexibility index (Phi) is 5.28. The Morgan fingerprint density at radius 3 is 2.40 bits per heavy atom. The first-order chi connectivity index (χ1) is 11.8. The zero-order valence-corrected chi connectivity index (χ0v) is 16.3. The minimum atomic E-state index is -0.0827. The number of benzene rings is 1. The van der Waals surface area contributed by atoms with Crippen molar-refractivity contribution in [2.45, 2.75) is 58.3 Å². The van der Waals surface area contributed by atoms with E-state index in [0.717, 1.165) is 12.1 Å². The molecule has 2 aliphatic rings. The number of hydrogen-bond acceptors (Lipinski definition) is 2. The van der Waals surface area contributed by atoms with Crippen LogP contribution in [-0.2, 0) is 10.2 Å². The molecule has 1 amide bonds. The normalized spacial score (nSPS) is 21.1. The molecule has 0 aromatic heterocycles. The Morgan fingerprint density at radius 1 is 1.16 bits per heavy atom. The van der Waals surface area contributed by atoms with Gasteiger partial charge in [-0.25, -0.2) is 0 Å². The van der Waals surface area contributed by atoms with E-state index < -0.39 is 0 Å². The van der Waals surface area contributed by atoms with Crippen LogP contribution in [0.3, 0.4) is 0 Å². The summed E-state index contributed by atoms with van der Waals surface area (Å²) in [5.41, 5.74) is 3.14. The van der Waals surface area contributed by atoms with Crippen LogP contribution in [0.1, 0.15) is 64.0 Å². The second-order valence-electron chi connectivity index (χ2n) is 8.28. The Balaban J connectivity index is 1.80. The SMILES string of the molecule is CC(C)(C)c1ccc(/C=C2\C(=O)NC(=S)N2CC2CCCCC2)cc1. The molecule has 1 aliphatic heterocycles. The second kappa shape index (κ2) is 7.28. The van der Waals surface area contributed by atoms with Crippen molar-refractivity contribution in [2.75, 3.05) is 6.54 Å². The summed E-state index contributed by atoms with van der Waals surface area (Å²) in [6.07, 6.45) is 8.35. The summed E-state index contributed by atoms with van der Waals surface area (Å²) in [7, 11) is 0. The predicted molar refractivity (Wildman–Crippen MR) is 107 cm³/mol. The summed E-state index contributed by atoms with van der Waals surface area (Å²) in [5, 5.41) is 3.36. The smallest absolute Gasteiger partial charge is 0.274 e. The monoisotopic (exact) mass is 356 g/mol. The predicted octanol–water partition coefficient (Wildman–Crippen LogP) is 4.62. The van der Waals surface area contributed by atoms with E-state index in [2.05, 4.69) is 50.4 Å². The van der Waals surface area contributed by atoms with E-state index in [4.69, 9.17) is 12.2 Å². The Morgan fingerprint density at radius 2 is 1.80 bits per heavy atom. The summed E-state index contributed by atoms with van der Waals surface area (Å²) in [6.45, 7) is 7.46. The maximum atomic E-state index is 12.4. The fraction of sp³-hybridized carbons (Fsp3) is 0.524. The Bertz CT molecular complexity index is 679. The average Bonchev–Trinajstić information content (AvgIpc) is 2.82. The summed E-state index contributed by atoms with van der Waals surface area (Å²) in [5.74, 6) is 0.548. The van der Waals surface area contributed by atoms with Crippen LogP contribution in [0.15, 0.2) is 30.0 Å². The van der Waals surface area contributed by atoms with Crippen molar-refractivity contribution < 1.29 is 4.79 Å². The van der Waals surface area contributed by atoms with Crippen molar-refractivity contribution in [1.29, 1.82) is 0 Å². The molecule has 3 rings (SSSR count). The molecule has 4 heteroatoms. The highest BCUT2D eigenvalue weighted by Crippen LogP contribution is 2.28. The number of hydrogen-bond donors (Lipinski definition) is 1. The molecule has 0 atom stereocenters. The van der Waals surface area contributed by atoms with Gasteiger partial charge in [0.25, 0.3) is 5.91 Å². The Hall–Kier alpha value is -1.68. The van der Waals surface area contributed by atoms with Crippen LogP contribution in [0.5, 0.6) is 0 Å². The van der Waals surface area contributed by atoms with Crippen LogP contribution in [-0.4, -0.2) is 22.5 Å². The van der Waals surface area contributed by atoms with E-state index in [0.29, 0.717) is 16.7 Å². The quantitative estimate of drug-likeness (QED) is 0.633. The summed E-state index contributed by atoms with van der Waals surface area (Å²) in [6, 6.07) is 8.45. The van der Waals surface area contributed by atoms with Crippen LogP contribution in [0.4, 0.5) is 0 Å². The van der Waals surface area contributed by atoms with Gasteiger partial charge in [0.1, 0.15) is 5.70 Å². The number of nitrogens with one attached hydrogen (secondary N) is 1. The first kappa shape index (κ1) is 18.1. The second-order valence-corrected chi connectivity index (χ2v) is 8.66. The topological polar surface area (TPSA) is 32.3 Å². The van der Waals surface area contributed by atoms with Gasteiger partial charge in [-0.15, -0.1) is 0 Å². The van der Waals surface area contributed by atoms with Crippen LogP contribution >= 0.6 is 12.2 Å². The van der Waals surface area contributed by atoms with E-state index in [1.807, 2.05) is 11.0 Å². The van der Waals surface area contributed by atoms with Gasteiger partial charge in [0, 0.05) is 6.54 Å².